The van der Waals surface area contributed by atoms with Crippen molar-refractivity contribution in [2.24, 2.45) is 0 Å². The molecule has 0 fully saturated rings. The highest BCUT2D eigenvalue weighted by Gasteiger charge is 2.24. The number of halogens is 1. The van der Waals surface area contributed by atoms with Gasteiger partial charge < -0.3 is 4.43 Å². The summed E-state index contributed by atoms with van der Waals surface area (Å²) in [5.74, 6) is 0. The number of aryl methyl sites for hydroxylation is 1. The van der Waals surface area contributed by atoms with E-state index in [-0.39, 0.29) is 5.04 Å². The van der Waals surface area contributed by atoms with E-state index in [1.807, 2.05) is 19.1 Å². The standard InChI is InChI=1S/C12H19BrNOSi/c1-9-6-10(13)7-11(14-9)8-15-16(5)12(2,3)4/h6-7H,8H2,1-5H3. The van der Waals surface area contributed by atoms with Gasteiger partial charge in [0.25, 0.3) is 0 Å². The van der Waals surface area contributed by atoms with E-state index in [9.17, 15) is 0 Å². The normalized spacial score (nSPS) is 12.2. The molecule has 0 unspecified atom stereocenters. The number of aromatic nitrogens is 1. The molecular weight excluding hydrogens is 282 g/mol. The number of hydrogen-bond acceptors (Lipinski definition) is 2. The molecule has 2 nitrogen and oxygen atoms in total. The Labute approximate surface area is 108 Å². The van der Waals surface area contributed by atoms with Gasteiger partial charge in [0.15, 0.2) is 0 Å². The molecule has 16 heavy (non-hydrogen) atoms. The lowest BCUT2D eigenvalue weighted by molar-refractivity contribution is 0.289. The van der Waals surface area contributed by atoms with Crippen LogP contribution in [0.2, 0.25) is 11.6 Å². The quantitative estimate of drug-likeness (QED) is 0.784. The Hall–Kier alpha value is -0.193. The van der Waals surface area contributed by atoms with Crippen LogP contribution < -0.4 is 0 Å². The molecule has 0 aromatic carbocycles. The molecular formula is C12H19BrNOSi. The molecule has 0 bridgehead atoms. The zero-order valence-corrected chi connectivity index (χ0v) is 13.2. The Morgan fingerprint density at radius 3 is 2.50 bits per heavy atom. The molecule has 0 saturated heterocycles. The third-order valence-corrected chi connectivity index (χ3v) is 5.61. The summed E-state index contributed by atoms with van der Waals surface area (Å²) in [6, 6.07) is 4.02. The minimum absolute atomic E-state index is 0.270. The number of pyridine rings is 1. The van der Waals surface area contributed by atoms with Crippen molar-refractivity contribution in [2.45, 2.75) is 45.9 Å². The summed E-state index contributed by atoms with van der Waals surface area (Å²) >= 11 is 3.47. The fourth-order valence-corrected chi connectivity index (χ4v) is 2.56. The highest BCUT2D eigenvalue weighted by molar-refractivity contribution is 9.10. The van der Waals surface area contributed by atoms with Crippen LogP contribution in [-0.2, 0) is 11.0 Å². The van der Waals surface area contributed by atoms with Crippen molar-refractivity contribution in [1.29, 1.82) is 0 Å². The molecule has 1 heterocycles. The molecule has 0 atom stereocenters. The molecule has 89 valence electrons. The van der Waals surface area contributed by atoms with Crippen LogP contribution in [-0.4, -0.2) is 14.0 Å². The molecule has 0 saturated carbocycles. The molecule has 1 rings (SSSR count). The number of rotatable bonds is 3. The lowest BCUT2D eigenvalue weighted by Gasteiger charge is -2.24. The van der Waals surface area contributed by atoms with Crippen LogP contribution in [0.15, 0.2) is 16.6 Å². The van der Waals surface area contributed by atoms with Crippen molar-refractivity contribution in [3.63, 3.8) is 0 Å². The van der Waals surface area contributed by atoms with E-state index >= 15 is 0 Å². The predicted octanol–water partition coefficient (Wildman–Crippen LogP) is 4.09. The van der Waals surface area contributed by atoms with Gasteiger partial charge in [0.2, 0.25) is 9.04 Å². The second kappa shape index (κ2) is 5.43. The minimum Gasteiger partial charge on any atom is -0.410 e. The molecule has 1 aromatic rings. The molecule has 0 aliphatic heterocycles. The minimum atomic E-state index is -0.783. The summed E-state index contributed by atoms with van der Waals surface area (Å²) in [4.78, 5) is 4.45. The van der Waals surface area contributed by atoms with Gasteiger partial charge in [-0.1, -0.05) is 36.7 Å². The van der Waals surface area contributed by atoms with Crippen LogP contribution in [0.5, 0.6) is 0 Å². The summed E-state index contributed by atoms with van der Waals surface area (Å²) in [7, 11) is -0.783. The molecule has 0 aliphatic carbocycles. The smallest absolute Gasteiger partial charge is 0.214 e. The predicted molar refractivity (Wildman–Crippen MR) is 72.8 cm³/mol. The fraction of sp³-hybridized carbons (Fsp3) is 0.583. The van der Waals surface area contributed by atoms with E-state index in [4.69, 9.17) is 4.43 Å². The van der Waals surface area contributed by atoms with E-state index in [0.717, 1.165) is 15.9 Å². The second-order valence-corrected chi connectivity index (χ2v) is 8.83. The van der Waals surface area contributed by atoms with Gasteiger partial charge in [0.1, 0.15) is 0 Å². The zero-order chi connectivity index (χ0) is 12.3. The van der Waals surface area contributed by atoms with E-state index < -0.39 is 9.04 Å². The Bertz CT molecular complexity index is 342. The molecule has 1 radical (unpaired) electrons. The Morgan fingerprint density at radius 2 is 2.00 bits per heavy atom. The van der Waals surface area contributed by atoms with Gasteiger partial charge in [-0.2, -0.15) is 0 Å². The Morgan fingerprint density at radius 1 is 1.38 bits per heavy atom. The monoisotopic (exact) mass is 300 g/mol. The van der Waals surface area contributed by atoms with Gasteiger partial charge in [-0.3, -0.25) is 4.98 Å². The Kier molecular flexibility index (Phi) is 4.70. The van der Waals surface area contributed by atoms with Crippen LogP contribution in [0.1, 0.15) is 32.2 Å². The number of nitrogens with zero attached hydrogens (tertiary/aromatic N) is 1. The average Bonchev–Trinajstić information content (AvgIpc) is 2.11. The van der Waals surface area contributed by atoms with Crippen molar-refractivity contribution < 1.29 is 4.43 Å². The van der Waals surface area contributed by atoms with Gasteiger partial charge in [-0.25, -0.2) is 0 Å². The van der Waals surface area contributed by atoms with E-state index in [0.29, 0.717) is 6.61 Å². The average molecular weight is 301 g/mol. The maximum absolute atomic E-state index is 5.92. The first-order valence-corrected chi connectivity index (χ1v) is 8.09. The van der Waals surface area contributed by atoms with Crippen LogP contribution in [0, 0.1) is 6.92 Å². The molecule has 0 amide bonds. The molecule has 0 spiro atoms. The van der Waals surface area contributed by atoms with Gasteiger partial charge in [0, 0.05) is 10.2 Å². The highest BCUT2D eigenvalue weighted by Crippen LogP contribution is 2.27. The third-order valence-electron chi connectivity index (χ3n) is 2.46. The second-order valence-electron chi connectivity index (χ2n) is 5.01. The lowest BCUT2D eigenvalue weighted by atomic mass is 10.3. The van der Waals surface area contributed by atoms with Crippen molar-refractivity contribution in [3.8, 4) is 0 Å². The van der Waals surface area contributed by atoms with Crippen molar-refractivity contribution in [3.05, 3.63) is 28.0 Å². The fourth-order valence-electron chi connectivity index (χ4n) is 1.16. The summed E-state index contributed by atoms with van der Waals surface area (Å²) in [5, 5.41) is 0.270. The van der Waals surface area contributed by atoms with Crippen molar-refractivity contribution in [2.75, 3.05) is 0 Å². The molecule has 1 aromatic heterocycles. The summed E-state index contributed by atoms with van der Waals surface area (Å²) in [6.45, 7) is 11.5. The summed E-state index contributed by atoms with van der Waals surface area (Å²) < 4.78 is 6.99. The summed E-state index contributed by atoms with van der Waals surface area (Å²) in [5.41, 5.74) is 2.02. The maximum Gasteiger partial charge on any atom is 0.214 e. The van der Waals surface area contributed by atoms with Gasteiger partial charge in [0.05, 0.1) is 12.3 Å². The zero-order valence-electron chi connectivity index (χ0n) is 10.6. The topological polar surface area (TPSA) is 22.1 Å². The van der Waals surface area contributed by atoms with Gasteiger partial charge >= 0.3 is 0 Å². The van der Waals surface area contributed by atoms with Crippen LogP contribution in [0.3, 0.4) is 0 Å². The van der Waals surface area contributed by atoms with Crippen LogP contribution >= 0.6 is 15.9 Å². The van der Waals surface area contributed by atoms with E-state index in [2.05, 4.69) is 48.2 Å². The van der Waals surface area contributed by atoms with Crippen molar-refractivity contribution in [1.82, 2.24) is 4.98 Å². The molecule has 0 N–H and O–H groups in total. The first-order chi connectivity index (χ1) is 7.29. The summed E-state index contributed by atoms with van der Waals surface area (Å²) in [6.07, 6.45) is 0. The van der Waals surface area contributed by atoms with E-state index in [1.165, 1.54) is 0 Å². The van der Waals surface area contributed by atoms with Crippen LogP contribution in [0.25, 0.3) is 0 Å². The number of hydrogen-bond donors (Lipinski definition) is 0. The highest BCUT2D eigenvalue weighted by atomic mass is 79.9. The molecule has 0 aliphatic rings. The van der Waals surface area contributed by atoms with Crippen LogP contribution in [0.4, 0.5) is 0 Å². The first kappa shape index (κ1) is 13.9. The first-order valence-electron chi connectivity index (χ1n) is 5.39. The Balaban J connectivity index is 2.61. The van der Waals surface area contributed by atoms with Gasteiger partial charge in [-0.05, 0) is 30.6 Å². The van der Waals surface area contributed by atoms with Gasteiger partial charge in [-0.15, -0.1) is 0 Å². The van der Waals surface area contributed by atoms with Crippen molar-refractivity contribution >= 4 is 25.0 Å². The van der Waals surface area contributed by atoms with E-state index in [1.54, 1.807) is 0 Å². The SMILES string of the molecule is Cc1cc(Br)cc(CO[Si](C)C(C)(C)C)n1. The molecule has 4 heteroatoms. The largest absolute Gasteiger partial charge is 0.410 e. The third kappa shape index (κ3) is 4.35. The lowest BCUT2D eigenvalue weighted by Crippen LogP contribution is -2.25. The maximum atomic E-state index is 5.92.